The number of halogens is 2. The van der Waals surface area contributed by atoms with Crippen LogP contribution in [0.2, 0.25) is 0 Å². The molecule has 0 aromatic heterocycles. The molecule has 5 nitrogen and oxygen atoms in total. The Labute approximate surface area is 128 Å². The van der Waals surface area contributed by atoms with Gasteiger partial charge >= 0.3 is 6.61 Å². The molecule has 7 heteroatoms. The van der Waals surface area contributed by atoms with E-state index in [4.69, 9.17) is 5.73 Å². The fourth-order valence-corrected chi connectivity index (χ4v) is 2.41. The molecule has 1 heterocycles. The van der Waals surface area contributed by atoms with E-state index in [1.165, 1.54) is 18.6 Å². The highest BCUT2D eigenvalue weighted by molar-refractivity contribution is 5.78. The third kappa shape index (κ3) is 4.84. The third-order valence-corrected chi connectivity index (χ3v) is 3.57. The molecule has 1 atom stereocenters. The van der Waals surface area contributed by atoms with Gasteiger partial charge in [0.25, 0.3) is 0 Å². The van der Waals surface area contributed by atoms with Crippen molar-refractivity contribution in [3.05, 3.63) is 29.8 Å². The highest BCUT2D eigenvalue weighted by Gasteiger charge is 2.14. The van der Waals surface area contributed by atoms with E-state index >= 15 is 0 Å². The molecule has 1 saturated heterocycles. The number of likely N-dealkylation sites (tertiary alicyclic amines) is 1. The molecule has 1 aliphatic rings. The normalized spacial score (nSPS) is 17.6. The largest absolute Gasteiger partial charge is 0.435 e. The molecule has 2 rings (SSSR count). The Morgan fingerprint density at radius 2 is 2.05 bits per heavy atom. The summed E-state index contributed by atoms with van der Waals surface area (Å²) >= 11 is 0. The first-order valence-electron chi connectivity index (χ1n) is 7.34. The van der Waals surface area contributed by atoms with Gasteiger partial charge in [0.1, 0.15) is 5.75 Å². The van der Waals surface area contributed by atoms with E-state index in [2.05, 4.69) is 9.73 Å². The van der Waals surface area contributed by atoms with Crippen molar-refractivity contribution in [3.8, 4) is 5.75 Å². The number of benzene rings is 1. The van der Waals surface area contributed by atoms with Crippen molar-refractivity contribution < 1.29 is 18.6 Å². The molecule has 0 aliphatic carbocycles. The minimum absolute atomic E-state index is 0.0135. The molecule has 22 heavy (non-hydrogen) atoms. The van der Waals surface area contributed by atoms with Crippen molar-refractivity contribution in [1.29, 1.82) is 0 Å². The predicted octanol–water partition coefficient (Wildman–Crippen LogP) is 2.12. The van der Waals surface area contributed by atoms with Crippen LogP contribution in [0.3, 0.4) is 0 Å². The van der Waals surface area contributed by atoms with E-state index in [1.807, 2.05) is 4.90 Å². The topological polar surface area (TPSA) is 71.1 Å². The number of hydrogen-bond donors (Lipinski definition) is 2. The van der Waals surface area contributed by atoms with Gasteiger partial charge in [-0.05, 0) is 37.0 Å². The maximum absolute atomic E-state index is 12.2. The zero-order valence-electron chi connectivity index (χ0n) is 12.3. The minimum Gasteiger partial charge on any atom is -0.435 e. The summed E-state index contributed by atoms with van der Waals surface area (Å²) in [4.78, 5) is 6.19. The lowest BCUT2D eigenvalue weighted by Crippen LogP contribution is -2.41. The second kappa shape index (κ2) is 7.93. The number of alkyl halides is 2. The first-order valence-corrected chi connectivity index (χ1v) is 7.34. The van der Waals surface area contributed by atoms with Crippen LogP contribution in [0, 0.1) is 0 Å². The number of ether oxygens (including phenoxy) is 1. The van der Waals surface area contributed by atoms with Crippen LogP contribution in [0.4, 0.5) is 8.78 Å². The molecule has 0 radical (unpaired) electrons. The van der Waals surface area contributed by atoms with E-state index in [0.717, 1.165) is 25.9 Å². The Balaban J connectivity index is 1.94. The molecule has 0 spiro atoms. The van der Waals surface area contributed by atoms with Crippen molar-refractivity contribution in [3.63, 3.8) is 0 Å². The molecule has 0 bridgehead atoms. The summed E-state index contributed by atoms with van der Waals surface area (Å²) in [6.07, 6.45) is 2.46. The number of guanidine groups is 1. The predicted molar refractivity (Wildman–Crippen MR) is 79.9 cm³/mol. The molecule has 0 saturated carbocycles. The van der Waals surface area contributed by atoms with Gasteiger partial charge in [-0.1, -0.05) is 12.1 Å². The average molecular weight is 313 g/mol. The van der Waals surface area contributed by atoms with Crippen molar-refractivity contribution in [2.75, 3.05) is 19.6 Å². The summed E-state index contributed by atoms with van der Waals surface area (Å²) in [5, 5.41) is 10.1. The van der Waals surface area contributed by atoms with Gasteiger partial charge in [-0.2, -0.15) is 8.78 Å². The molecule has 0 amide bonds. The zero-order valence-corrected chi connectivity index (χ0v) is 12.3. The molecule has 1 aliphatic heterocycles. The summed E-state index contributed by atoms with van der Waals surface area (Å²) in [7, 11) is 0. The Morgan fingerprint density at radius 1 is 1.32 bits per heavy atom. The van der Waals surface area contributed by atoms with Gasteiger partial charge in [-0.15, -0.1) is 0 Å². The van der Waals surface area contributed by atoms with Gasteiger partial charge in [0.15, 0.2) is 5.96 Å². The maximum Gasteiger partial charge on any atom is 0.387 e. The number of piperidine rings is 1. The lowest BCUT2D eigenvalue weighted by molar-refractivity contribution is -0.0499. The Hall–Kier alpha value is -1.89. The highest BCUT2D eigenvalue weighted by Crippen LogP contribution is 2.21. The number of rotatable bonds is 5. The monoisotopic (exact) mass is 313 g/mol. The van der Waals surface area contributed by atoms with Crippen LogP contribution in [-0.4, -0.2) is 42.2 Å². The summed E-state index contributed by atoms with van der Waals surface area (Å²) in [6.45, 7) is -1.05. The number of nitrogens with two attached hydrogens (primary N) is 1. The summed E-state index contributed by atoms with van der Waals surface area (Å²) in [6, 6.07) is 5.97. The van der Waals surface area contributed by atoms with Crippen LogP contribution in [0.15, 0.2) is 29.3 Å². The SMILES string of the molecule is NC(=NCC(O)c1cccc(OC(F)F)c1)N1CCCCC1. The number of hydrogen-bond acceptors (Lipinski definition) is 3. The second-order valence-corrected chi connectivity index (χ2v) is 5.21. The van der Waals surface area contributed by atoms with Crippen molar-refractivity contribution in [1.82, 2.24) is 4.90 Å². The molecular weight excluding hydrogens is 292 g/mol. The van der Waals surface area contributed by atoms with Gasteiger partial charge in [-0.25, -0.2) is 0 Å². The Bertz CT molecular complexity index is 505. The fourth-order valence-electron chi connectivity index (χ4n) is 2.41. The maximum atomic E-state index is 12.2. The van der Waals surface area contributed by atoms with Crippen LogP contribution >= 0.6 is 0 Å². The first-order chi connectivity index (χ1) is 10.6. The van der Waals surface area contributed by atoms with Crippen LogP contribution in [-0.2, 0) is 0 Å². The summed E-state index contributed by atoms with van der Waals surface area (Å²) in [5.74, 6) is 0.429. The zero-order chi connectivity index (χ0) is 15.9. The van der Waals surface area contributed by atoms with E-state index in [9.17, 15) is 13.9 Å². The molecule has 1 aromatic carbocycles. The Morgan fingerprint density at radius 3 is 2.73 bits per heavy atom. The van der Waals surface area contributed by atoms with Gasteiger partial charge in [0.2, 0.25) is 0 Å². The molecule has 1 unspecified atom stereocenters. The quantitative estimate of drug-likeness (QED) is 0.645. The number of aliphatic hydroxyl groups is 1. The van der Waals surface area contributed by atoms with E-state index in [0.29, 0.717) is 11.5 Å². The van der Waals surface area contributed by atoms with Crippen molar-refractivity contribution in [2.45, 2.75) is 32.0 Å². The molecule has 3 N–H and O–H groups in total. The van der Waals surface area contributed by atoms with E-state index in [-0.39, 0.29) is 12.3 Å². The van der Waals surface area contributed by atoms with Crippen LogP contribution < -0.4 is 10.5 Å². The van der Waals surface area contributed by atoms with Gasteiger partial charge < -0.3 is 20.5 Å². The summed E-state index contributed by atoms with van der Waals surface area (Å²) < 4.78 is 28.7. The standard InChI is InChI=1S/C15H21F2N3O2/c16-14(17)22-12-6-4-5-11(9-12)13(21)10-19-15(18)20-7-2-1-3-8-20/h4-6,9,13-14,21H,1-3,7-8,10H2,(H2,18,19). The number of aliphatic hydroxyl groups excluding tert-OH is 1. The third-order valence-electron chi connectivity index (χ3n) is 3.57. The lowest BCUT2D eigenvalue weighted by Gasteiger charge is -2.27. The molecular formula is C15H21F2N3O2. The first kappa shape index (κ1) is 16.5. The van der Waals surface area contributed by atoms with Gasteiger partial charge in [-0.3, -0.25) is 4.99 Å². The Kier molecular flexibility index (Phi) is 5.94. The number of nitrogens with zero attached hydrogens (tertiary/aromatic N) is 2. The second-order valence-electron chi connectivity index (χ2n) is 5.21. The molecule has 122 valence electrons. The van der Waals surface area contributed by atoms with Crippen LogP contribution in [0.1, 0.15) is 30.9 Å². The van der Waals surface area contributed by atoms with Gasteiger partial charge in [0, 0.05) is 13.1 Å². The molecule has 1 aromatic rings. The smallest absolute Gasteiger partial charge is 0.387 e. The average Bonchev–Trinajstić information content (AvgIpc) is 2.52. The van der Waals surface area contributed by atoms with Crippen molar-refractivity contribution >= 4 is 5.96 Å². The van der Waals surface area contributed by atoms with Crippen LogP contribution in [0.5, 0.6) is 5.75 Å². The van der Waals surface area contributed by atoms with E-state index < -0.39 is 12.7 Å². The molecule has 1 fully saturated rings. The summed E-state index contributed by atoms with van der Waals surface area (Å²) in [5.41, 5.74) is 6.38. The highest BCUT2D eigenvalue weighted by atomic mass is 19.3. The lowest BCUT2D eigenvalue weighted by atomic mass is 10.1. The van der Waals surface area contributed by atoms with Crippen molar-refractivity contribution in [2.24, 2.45) is 10.7 Å². The van der Waals surface area contributed by atoms with Crippen LogP contribution in [0.25, 0.3) is 0 Å². The van der Waals surface area contributed by atoms with Gasteiger partial charge in [0.05, 0.1) is 12.6 Å². The minimum atomic E-state index is -2.89. The van der Waals surface area contributed by atoms with E-state index in [1.54, 1.807) is 12.1 Å². The number of aliphatic imine (C=N–C) groups is 1. The fraction of sp³-hybridized carbons (Fsp3) is 0.533.